The molecule has 2 aromatic carbocycles. The molecule has 150 valence electrons. The van der Waals surface area contributed by atoms with Gasteiger partial charge in [-0.05, 0) is 17.7 Å². The number of carbonyl (C=O) groups excluding carboxylic acids is 1. The van der Waals surface area contributed by atoms with Crippen molar-refractivity contribution in [2.75, 3.05) is 11.9 Å². The molecule has 2 amide bonds. The summed E-state index contributed by atoms with van der Waals surface area (Å²) in [7, 11) is 0. The van der Waals surface area contributed by atoms with E-state index >= 15 is 0 Å². The summed E-state index contributed by atoms with van der Waals surface area (Å²) >= 11 is 6.13. The van der Waals surface area contributed by atoms with Gasteiger partial charge < -0.3 is 10.2 Å². The van der Waals surface area contributed by atoms with Gasteiger partial charge in [-0.3, -0.25) is 9.89 Å². The molecule has 0 unspecified atom stereocenters. The average Bonchev–Trinajstić information content (AvgIpc) is 3.20. The molecule has 1 aliphatic heterocycles. The molecule has 0 saturated carbocycles. The molecule has 0 saturated heterocycles. The third-order valence-electron chi connectivity index (χ3n) is 5.25. The maximum Gasteiger partial charge on any atom is 0.322 e. The van der Waals surface area contributed by atoms with Crippen LogP contribution >= 0.6 is 11.6 Å². The van der Waals surface area contributed by atoms with Gasteiger partial charge in [-0.15, -0.1) is 0 Å². The highest BCUT2D eigenvalue weighted by molar-refractivity contribution is 6.33. The number of amides is 2. The lowest BCUT2D eigenvalue weighted by molar-refractivity contribution is 0.205. The average molecular weight is 420 g/mol. The van der Waals surface area contributed by atoms with E-state index < -0.39 is 0 Å². The first kappa shape index (κ1) is 18.4. The van der Waals surface area contributed by atoms with E-state index in [2.05, 4.69) is 15.4 Å². The molecule has 7 nitrogen and oxygen atoms in total. The van der Waals surface area contributed by atoms with E-state index in [1.807, 2.05) is 36.4 Å². The van der Waals surface area contributed by atoms with Crippen LogP contribution in [0.25, 0.3) is 16.9 Å². The van der Waals surface area contributed by atoms with Crippen molar-refractivity contribution in [2.45, 2.75) is 13.0 Å². The molecular weight excluding hydrogens is 402 g/mol. The largest absolute Gasteiger partial charge is 0.322 e. The monoisotopic (exact) mass is 419 g/mol. The summed E-state index contributed by atoms with van der Waals surface area (Å²) in [5.41, 5.74) is 3.98. The number of fused-ring (bicyclic) bond motifs is 2. The molecule has 0 bridgehead atoms. The summed E-state index contributed by atoms with van der Waals surface area (Å²) in [6.45, 7) is 0.669. The van der Waals surface area contributed by atoms with Crippen LogP contribution in [-0.2, 0) is 13.0 Å². The second-order valence-corrected chi connectivity index (χ2v) is 7.56. The minimum atomic E-state index is -0.297. The molecule has 4 aromatic rings. The van der Waals surface area contributed by atoms with Crippen molar-refractivity contribution < 1.29 is 4.79 Å². The van der Waals surface area contributed by atoms with Gasteiger partial charge in [0.2, 0.25) is 0 Å². The zero-order valence-corrected chi connectivity index (χ0v) is 16.7. The number of hydrogen-bond acceptors (Lipinski definition) is 3. The lowest BCUT2D eigenvalue weighted by Gasteiger charge is -2.28. The fourth-order valence-electron chi connectivity index (χ4n) is 3.68. The highest BCUT2D eigenvalue weighted by atomic mass is 35.5. The van der Waals surface area contributed by atoms with Crippen LogP contribution in [0.1, 0.15) is 11.3 Å². The maximum absolute atomic E-state index is 13.1. The first-order valence-electron chi connectivity index (χ1n) is 9.59. The van der Waals surface area contributed by atoms with Crippen LogP contribution in [0.2, 0.25) is 5.02 Å². The van der Waals surface area contributed by atoms with Crippen LogP contribution in [0, 0.1) is 0 Å². The van der Waals surface area contributed by atoms with Gasteiger partial charge in [0.05, 0.1) is 34.2 Å². The second-order valence-electron chi connectivity index (χ2n) is 7.15. The van der Waals surface area contributed by atoms with E-state index in [1.54, 1.807) is 29.2 Å². The number of nitrogens with zero attached hydrogens (tertiary/aromatic N) is 3. The highest BCUT2D eigenvalue weighted by Crippen LogP contribution is 2.23. The maximum atomic E-state index is 13.1. The zero-order chi connectivity index (χ0) is 20.7. The topological polar surface area (TPSA) is 82.5 Å². The number of benzene rings is 2. The third kappa shape index (κ3) is 3.23. The SMILES string of the molecule is O=C(Nc1ccccc1Cl)N1CCc2nc3cc(-c4ccccc4)[nH]n3c(=O)c2C1. The number of hydrogen-bond donors (Lipinski definition) is 2. The van der Waals surface area contributed by atoms with Gasteiger partial charge in [-0.1, -0.05) is 54.1 Å². The van der Waals surface area contributed by atoms with Gasteiger partial charge in [0, 0.05) is 19.0 Å². The Balaban J connectivity index is 1.45. The van der Waals surface area contributed by atoms with Crippen LogP contribution in [0.4, 0.5) is 10.5 Å². The van der Waals surface area contributed by atoms with Crippen LogP contribution < -0.4 is 10.9 Å². The Morgan fingerprint density at radius 1 is 1.10 bits per heavy atom. The van der Waals surface area contributed by atoms with Crippen LogP contribution in [0.3, 0.4) is 0 Å². The molecule has 8 heteroatoms. The number of anilines is 1. The highest BCUT2D eigenvalue weighted by Gasteiger charge is 2.26. The van der Waals surface area contributed by atoms with Crippen LogP contribution in [0.15, 0.2) is 65.5 Å². The number of nitrogens with one attached hydrogen (secondary N) is 2. The van der Waals surface area contributed by atoms with Crippen molar-refractivity contribution in [1.82, 2.24) is 19.5 Å². The number of para-hydroxylation sites is 1. The lowest BCUT2D eigenvalue weighted by atomic mass is 10.1. The van der Waals surface area contributed by atoms with Gasteiger partial charge in [-0.2, -0.15) is 0 Å². The van der Waals surface area contributed by atoms with Gasteiger partial charge >= 0.3 is 6.03 Å². The molecule has 0 aliphatic carbocycles. The molecular formula is C22H18ClN5O2. The minimum absolute atomic E-state index is 0.188. The van der Waals surface area contributed by atoms with E-state index in [-0.39, 0.29) is 18.1 Å². The summed E-state index contributed by atoms with van der Waals surface area (Å²) in [5.74, 6) is 0. The Bertz CT molecular complexity index is 1310. The molecule has 1 aliphatic rings. The Morgan fingerprint density at radius 2 is 1.87 bits per heavy atom. The molecule has 0 fully saturated rings. The predicted octanol–water partition coefficient (Wildman–Crippen LogP) is 3.93. The standard InChI is InChI=1S/C22H18ClN5O2/c23-16-8-4-5-9-18(16)25-22(30)27-11-10-17-15(13-27)21(29)28-20(24-17)12-19(26-28)14-6-2-1-3-7-14/h1-9,12,26H,10-11,13H2,(H,25,30). The minimum Gasteiger partial charge on any atom is -0.320 e. The molecule has 2 N–H and O–H groups in total. The Kier molecular flexibility index (Phi) is 4.52. The van der Waals surface area contributed by atoms with E-state index in [1.165, 1.54) is 4.52 Å². The first-order valence-corrected chi connectivity index (χ1v) is 9.97. The van der Waals surface area contributed by atoms with Gasteiger partial charge in [-0.25, -0.2) is 14.3 Å². The summed E-state index contributed by atoms with van der Waals surface area (Å²) < 4.78 is 1.44. The van der Waals surface area contributed by atoms with Crippen molar-refractivity contribution in [2.24, 2.45) is 0 Å². The van der Waals surface area contributed by atoms with Crippen molar-refractivity contribution in [3.05, 3.63) is 87.3 Å². The molecule has 0 spiro atoms. The van der Waals surface area contributed by atoms with E-state index in [0.29, 0.717) is 34.9 Å². The van der Waals surface area contributed by atoms with E-state index in [4.69, 9.17) is 11.6 Å². The number of rotatable bonds is 2. The third-order valence-corrected chi connectivity index (χ3v) is 5.58. The van der Waals surface area contributed by atoms with E-state index in [0.717, 1.165) is 17.0 Å². The number of aromatic amines is 1. The normalized spacial score (nSPS) is 13.3. The summed E-state index contributed by atoms with van der Waals surface area (Å²) in [4.78, 5) is 32.1. The second kappa shape index (κ2) is 7.35. The van der Waals surface area contributed by atoms with Gasteiger partial charge in [0.25, 0.3) is 5.56 Å². The fraction of sp³-hybridized carbons (Fsp3) is 0.136. The summed E-state index contributed by atoms with van der Waals surface area (Å²) in [5, 5.41) is 6.40. The van der Waals surface area contributed by atoms with Gasteiger partial charge in [0.1, 0.15) is 0 Å². The van der Waals surface area contributed by atoms with Crippen LogP contribution in [0.5, 0.6) is 0 Å². The van der Waals surface area contributed by atoms with Crippen LogP contribution in [-0.4, -0.2) is 32.1 Å². The molecule has 2 aromatic heterocycles. The van der Waals surface area contributed by atoms with Crippen molar-refractivity contribution in [1.29, 1.82) is 0 Å². The number of urea groups is 1. The number of H-pyrrole nitrogens is 1. The number of carbonyl (C=O) groups is 1. The first-order chi connectivity index (χ1) is 14.6. The molecule has 5 rings (SSSR count). The summed E-state index contributed by atoms with van der Waals surface area (Å²) in [6, 6.07) is 18.4. The zero-order valence-electron chi connectivity index (χ0n) is 15.9. The Hall–Kier alpha value is -3.58. The quantitative estimate of drug-likeness (QED) is 0.516. The Labute approximate surface area is 176 Å². The molecule has 30 heavy (non-hydrogen) atoms. The fourth-order valence-corrected chi connectivity index (χ4v) is 3.86. The van der Waals surface area contributed by atoms with Crippen molar-refractivity contribution in [3.8, 4) is 11.3 Å². The summed E-state index contributed by atoms with van der Waals surface area (Å²) in [6.07, 6.45) is 0.517. The molecule has 0 radical (unpaired) electrons. The molecule has 0 atom stereocenters. The van der Waals surface area contributed by atoms with Gasteiger partial charge in [0.15, 0.2) is 5.65 Å². The number of aromatic nitrogens is 3. The smallest absolute Gasteiger partial charge is 0.320 e. The van der Waals surface area contributed by atoms with Crippen molar-refractivity contribution in [3.63, 3.8) is 0 Å². The van der Waals surface area contributed by atoms with E-state index in [9.17, 15) is 9.59 Å². The Morgan fingerprint density at radius 3 is 2.67 bits per heavy atom. The number of halogens is 1. The predicted molar refractivity (Wildman–Crippen MR) is 116 cm³/mol. The van der Waals surface area contributed by atoms with Crippen molar-refractivity contribution >= 4 is 29.0 Å². The molecule has 3 heterocycles. The lowest BCUT2D eigenvalue weighted by Crippen LogP contribution is -2.42.